The number of nitrogens with zero attached hydrogens (tertiary/aromatic N) is 1. The molecule has 0 bridgehead atoms. The highest BCUT2D eigenvalue weighted by Crippen LogP contribution is 2.11. The molecule has 2 rings (SSSR count). The summed E-state index contributed by atoms with van der Waals surface area (Å²) in [4.78, 5) is 26.4. The maximum absolute atomic E-state index is 11.9. The minimum atomic E-state index is -1.12. The summed E-state index contributed by atoms with van der Waals surface area (Å²) < 4.78 is 0. The van der Waals surface area contributed by atoms with E-state index in [1.54, 1.807) is 11.4 Å². The molecule has 1 heterocycles. The zero-order chi connectivity index (χ0) is 15.9. The summed E-state index contributed by atoms with van der Waals surface area (Å²) in [5, 5.41) is 16.3. The SMILES string of the molecule is O=C(O)NCc1nc(C(=O)NCCc2cccc(Cl)c2)cs1. The first-order valence-electron chi connectivity index (χ1n) is 6.48. The van der Waals surface area contributed by atoms with E-state index >= 15 is 0 Å². The van der Waals surface area contributed by atoms with E-state index in [9.17, 15) is 9.59 Å². The lowest BCUT2D eigenvalue weighted by Gasteiger charge is -2.04. The van der Waals surface area contributed by atoms with Crippen LogP contribution in [0.15, 0.2) is 29.6 Å². The summed E-state index contributed by atoms with van der Waals surface area (Å²) in [6, 6.07) is 7.45. The van der Waals surface area contributed by atoms with E-state index < -0.39 is 6.09 Å². The normalized spacial score (nSPS) is 10.2. The average Bonchev–Trinajstić information content (AvgIpc) is 2.94. The van der Waals surface area contributed by atoms with Gasteiger partial charge >= 0.3 is 6.09 Å². The third-order valence-corrected chi connectivity index (χ3v) is 3.85. The maximum Gasteiger partial charge on any atom is 0.405 e. The zero-order valence-corrected chi connectivity index (χ0v) is 13.1. The van der Waals surface area contributed by atoms with E-state index in [1.165, 1.54) is 11.3 Å². The van der Waals surface area contributed by atoms with Crippen LogP contribution >= 0.6 is 22.9 Å². The van der Waals surface area contributed by atoms with E-state index in [0.717, 1.165) is 5.56 Å². The molecule has 8 heteroatoms. The van der Waals surface area contributed by atoms with Crippen LogP contribution in [0.2, 0.25) is 5.02 Å². The summed E-state index contributed by atoms with van der Waals surface area (Å²) in [6.45, 7) is 0.565. The van der Waals surface area contributed by atoms with Crippen LogP contribution in [0.25, 0.3) is 0 Å². The number of amides is 2. The van der Waals surface area contributed by atoms with Crippen LogP contribution in [-0.4, -0.2) is 28.6 Å². The van der Waals surface area contributed by atoms with Gasteiger partial charge in [-0.05, 0) is 24.1 Å². The number of carboxylic acid groups (broad SMARTS) is 1. The Morgan fingerprint density at radius 2 is 2.14 bits per heavy atom. The van der Waals surface area contributed by atoms with Gasteiger partial charge in [-0.25, -0.2) is 9.78 Å². The van der Waals surface area contributed by atoms with Gasteiger partial charge in [-0.2, -0.15) is 0 Å². The van der Waals surface area contributed by atoms with Crippen molar-refractivity contribution in [2.75, 3.05) is 6.54 Å². The van der Waals surface area contributed by atoms with Crippen LogP contribution in [0.5, 0.6) is 0 Å². The Hall–Kier alpha value is -2.12. The second-order valence-electron chi connectivity index (χ2n) is 4.42. The first kappa shape index (κ1) is 16.3. The summed E-state index contributed by atoms with van der Waals surface area (Å²) >= 11 is 7.13. The van der Waals surface area contributed by atoms with Crippen molar-refractivity contribution in [2.45, 2.75) is 13.0 Å². The second kappa shape index (κ2) is 7.77. The Kier molecular flexibility index (Phi) is 5.74. The lowest BCUT2D eigenvalue weighted by molar-refractivity contribution is 0.0949. The Balaban J connectivity index is 1.81. The summed E-state index contributed by atoms with van der Waals surface area (Å²) in [6.07, 6.45) is -0.452. The van der Waals surface area contributed by atoms with Crippen LogP contribution in [0, 0.1) is 0 Å². The molecule has 116 valence electrons. The largest absolute Gasteiger partial charge is 0.465 e. The number of nitrogens with one attached hydrogen (secondary N) is 2. The molecular formula is C14H14ClN3O3S. The molecule has 0 unspecified atom stereocenters. The number of aromatic nitrogens is 1. The van der Waals surface area contributed by atoms with Crippen molar-refractivity contribution in [1.29, 1.82) is 0 Å². The lowest BCUT2D eigenvalue weighted by atomic mass is 10.1. The molecule has 0 aliphatic carbocycles. The number of hydrogen-bond donors (Lipinski definition) is 3. The smallest absolute Gasteiger partial charge is 0.405 e. The quantitative estimate of drug-likeness (QED) is 0.754. The van der Waals surface area contributed by atoms with Gasteiger partial charge < -0.3 is 15.7 Å². The van der Waals surface area contributed by atoms with Gasteiger partial charge in [0, 0.05) is 16.9 Å². The predicted octanol–water partition coefficient (Wildman–Crippen LogP) is 2.54. The predicted molar refractivity (Wildman–Crippen MR) is 84.5 cm³/mol. The molecule has 0 saturated heterocycles. The summed E-state index contributed by atoms with van der Waals surface area (Å²) in [5.41, 5.74) is 1.33. The van der Waals surface area contributed by atoms with Gasteiger partial charge in [-0.3, -0.25) is 4.79 Å². The zero-order valence-electron chi connectivity index (χ0n) is 11.5. The molecule has 2 amide bonds. The van der Waals surface area contributed by atoms with Gasteiger partial charge in [0.05, 0.1) is 6.54 Å². The van der Waals surface area contributed by atoms with E-state index in [0.29, 0.717) is 28.7 Å². The van der Waals surface area contributed by atoms with E-state index in [2.05, 4.69) is 15.6 Å². The van der Waals surface area contributed by atoms with Crippen molar-refractivity contribution >= 4 is 34.9 Å². The Labute approximate surface area is 136 Å². The molecule has 0 fully saturated rings. The topological polar surface area (TPSA) is 91.3 Å². The fraction of sp³-hybridized carbons (Fsp3) is 0.214. The number of hydrogen-bond acceptors (Lipinski definition) is 4. The van der Waals surface area contributed by atoms with Crippen molar-refractivity contribution in [3.63, 3.8) is 0 Å². The maximum atomic E-state index is 11.9. The standard InChI is InChI=1S/C14H14ClN3O3S/c15-10-3-1-2-9(6-10)4-5-16-13(19)11-8-22-12(18-11)7-17-14(20)21/h1-3,6,8,17H,4-5,7H2,(H,16,19)(H,20,21). The van der Waals surface area contributed by atoms with Gasteiger partial charge in [0.2, 0.25) is 0 Å². The number of benzene rings is 1. The van der Waals surface area contributed by atoms with Gasteiger partial charge in [0.15, 0.2) is 0 Å². The van der Waals surface area contributed by atoms with Crippen LogP contribution in [-0.2, 0) is 13.0 Å². The molecule has 0 aliphatic heterocycles. The Bertz CT molecular complexity index is 675. The number of thiazole rings is 1. The molecule has 0 saturated carbocycles. The van der Waals surface area contributed by atoms with Crippen LogP contribution < -0.4 is 10.6 Å². The number of halogens is 1. The van der Waals surface area contributed by atoms with E-state index in [-0.39, 0.29) is 12.5 Å². The lowest BCUT2D eigenvalue weighted by Crippen LogP contribution is -2.26. The van der Waals surface area contributed by atoms with Crippen molar-refractivity contribution < 1.29 is 14.7 Å². The molecule has 0 radical (unpaired) electrons. The molecule has 2 aromatic rings. The van der Waals surface area contributed by atoms with Crippen molar-refractivity contribution in [3.8, 4) is 0 Å². The van der Waals surface area contributed by atoms with Gasteiger partial charge in [-0.1, -0.05) is 23.7 Å². The van der Waals surface area contributed by atoms with E-state index in [1.807, 2.05) is 18.2 Å². The number of carbonyl (C=O) groups is 2. The highest BCUT2D eigenvalue weighted by molar-refractivity contribution is 7.09. The number of rotatable bonds is 6. The summed E-state index contributed by atoms with van der Waals surface area (Å²) in [7, 11) is 0. The second-order valence-corrected chi connectivity index (χ2v) is 5.80. The molecule has 22 heavy (non-hydrogen) atoms. The van der Waals surface area contributed by atoms with Gasteiger partial charge in [-0.15, -0.1) is 11.3 Å². The highest BCUT2D eigenvalue weighted by atomic mass is 35.5. The third-order valence-electron chi connectivity index (χ3n) is 2.76. The Morgan fingerprint density at radius 1 is 1.32 bits per heavy atom. The van der Waals surface area contributed by atoms with Crippen LogP contribution in [0.4, 0.5) is 4.79 Å². The highest BCUT2D eigenvalue weighted by Gasteiger charge is 2.10. The van der Waals surface area contributed by atoms with Crippen molar-refractivity contribution in [1.82, 2.24) is 15.6 Å². The van der Waals surface area contributed by atoms with E-state index in [4.69, 9.17) is 16.7 Å². The molecular weight excluding hydrogens is 326 g/mol. The monoisotopic (exact) mass is 339 g/mol. The van der Waals surface area contributed by atoms with Crippen LogP contribution in [0.3, 0.4) is 0 Å². The van der Waals surface area contributed by atoms with Gasteiger partial charge in [0.25, 0.3) is 5.91 Å². The fourth-order valence-corrected chi connectivity index (χ4v) is 2.68. The Morgan fingerprint density at radius 3 is 2.86 bits per heavy atom. The first-order chi connectivity index (χ1) is 10.5. The first-order valence-corrected chi connectivity index (χ1v) is 7.74. The third kappa shape index (κ3) is 5.01. The molecule has 0 atom stereocenters. The number of carbonyl (C=O) groups excluding carboxylic acids is 1. The molecule has 0 aliphatic rings. The fourth-order valence-electron chi connectivity index (χ4n) is 1.75. The molecule has 3 N–H and O–H groups in total. The molecule has 1 aromatic heterocycles. The molecule has 0 spiro atoms. The molecule has 6 nitrogen and oxygen atoms in total. The van der Waals surface area contributed by atoms with Crippen LogP contribution in [0.1, 0.15) is 21.1 Å². The van der Waals surface area contributed by atoms with Crippen molar-refractivity contribution in [2.24, 2.45) is 0 Å². The van der Waals surface area contributed by atoms with Gasteiger partial charge in [0.1, 0.15) is 10.7 Å². The minimum Gasteiger partial charge on any atom is -0.465 e. The average molecular weight is 340 g/mol. The van der Waals surface area contributed by atoms with Crippen molar-refractivity contribution in [3.05, 3.63) is 50.9 Å². The summed E-state index contributed by atoms with van der Waals surface area (Å²) in [5.74, 6) is -0.278. The minimum absolute atomic E-state index is 0.0931. The molecule has 1 aromatic carbocycles.